The van der Waals surface area contributed by atoms with Crippen molar-refractivity contribution in [3.05, 3.63) is 40.9 Å². The molecule has 0 saturated heterocycles. The van der Waals surface area contributed by atoms with E-state index in [9.17, 15) is 13.2 Å². The zero-order chi connectivity index (χ0) is 12.6. The Morgan fingerprint density at radius 3 is 2.24 bits per heavy atom. The minimum absolute atomic E-state index is 0.0134. The van der Waals surface area contributed by atoms with Gasteiger partial charge in [0.2, 0.25) is 0 Å². The first-order valence-electron chi connectivity index (χ1n) is 4.41. The number of rotatable bonds is 1. The van der Waals surface area contributed by atoms with Crippen LogP contribution in [0.15, 0.2) is 18.5 Å². The maximum atomic E-state index is 13.0. The minimum atomic E-state index is -1.55. The number of hydrogen-bond acceptors (Lipinski definition) is 3. The van der Waals surface area contributed by atoms with Gasteiger partial charge in [-0.05, 0) is 12.1 Å². The van der Waals surface area contributed by atoms with Crippen LogP contribution >= 0.6 is 11.6 Å². The van der Waals surface area contributed by atoms with Gasteiger partial charge in [-0.15, -0.1) is 0 Å². The fraction of sp³-hybridized carbons (Fsp3) is 0. The van der Waals surface area contributed by atoms with Gasteiger partial charge in [0.25, 0.3) is 0 Å². The van der Waals surface area contributed by atoms with E-state index >= 15 is 0 Å². The van der Waals surface area contributed by atoms with E-state index in [1.165, 1.54) is 0 Å². The summed E-state index contributed by atoms with van der Waals surface area (Å²) in [5, 5.41) is -0.0436. The Labute approximate surface area is 99.1 Å². The average Bonchev–Trinajstić information content (AvgIpc) is 2.29. The molecule has 7 heteroatoms. The van der Waals surface area contributed by atoms with Gasteiger partial charge in [-0.2, -0.15) is 0 Å². The topological polar surface area (TPSA) is 51.8 Å². The molecule has 88 valence electrons. The summed E-state index contributed by atoms with van der Waals surface area (Å²) in [6.45, 7) is 0. The van der Waals surface area contributed by atoms with Crippen LogP contribution in [0.2, 0.25) is 5.02 Å². The van der Waals surface area contributed by atoms with Crippen molar-refractivity contribution in [3.63, 3.8) is 0 Å². The lowest BCUT2D eigenvalue weighted by atomic mass is 10.1. The lowest BCUT2D eigenvalue weighted by Gasteiger charge is -2.05. The van der Waals surface area contributed by atoms with Crippen LogP contribution in [-0.2, 0) is 0 Å². The van der Waals surface area contributed by atoms with Crippen molar-refractivity contribution in [2.24, 2.45) is 0 Å². The largest absolute Gasteiger partial charge is 0.382 e. The van der Waals surface area contributed by atoms with Crippen molar-refractivity contribution in [1.29, 1.82) is 0 Å². The number of halogens is 4. The number of hydrogen-bond donors (Lipinski definition) is 1. The highest BCUT2D eigenvalue weighted by Crippen LogP contribution is 2.30. The van der Waals surface area contributed by atoms with Crippen LogP contribution in [0.5, 0.6) is 0 Å². The quantitative estimate of drug-likeness (QED) is 0.801. The van der Waals surface area contributed by atoms with Crippen LogP contribution in [-0.4, -0.2) is 9.97 Å². The molecule has 0 unspecified atom stereocenters. The van der Waals surface area contributed by atoms with E-state index in [0.717, 1.165) is 18.5 Å². The summed E-state index contributed by atoms with van der Waals surface area (Å²) in [6, 6.07) is 1.57. The molecule has 3 nitrogen and oxygen atoms in total. The standard InChI is InChI=1S/C10H5ClF3N3/c11-7-9(16-3-17-10(7)15)4-1-5(12)8(14)6(13)2-4/h1-3H,(H2,15,16,17). The van der Waals surface area contributed by atoms with Crippen molar-refractivity contribution in [1.82, 2.24) is 9.97 Å². The molecule has 0 aliphatic carbocycles. The summed E-state index contributed by atoms with van der Waals surface area (Å²) < 4.78 is 38.8. The SMILES string of the molecule is Nc1ncnc(-c2cc(F)c(F)c(F)c2)c1Cl. The Kier molecular flexibility index (Phi) is 2.89. The van der Waals surface area contributed by atoms with E-state index in [2.05, 4.69) is 9.97 Å². The Hall–Kier alpha value is -1.82. The molecule has 2 aromatic rings. The fourth-order valence-corrected chi connectivity index (χ4v) is 1.48. The molecule has 0 bridgehead atoms. The molecule has 0 aliphatic rings. The predicted molar refractivity (Wildman–Crippen MR) is 56.8 cm³/mol. The molecular weight excluding hydrogens is 255 g/mol. The summed E-state index contributed by atoms with van der Waals surface area (Å²) in [5.74, 6) is -4.23. The van der Waals surface area contributed by atoms with Crippen LogP contribution in [0.3, 0.4) is 0 Å². The van der Waals surface area contributed by atoms with Crippen LogP contribution in [0, 0.1) is 17.5 Å². The van der Waals surface area contributed by atoms with Crippen LogP contribution < -0.4 is 5.73 Å². The van der Waals surface area contributed by atoms with Crippen molar-refractivity contribution < 1.29 is 13.2 Å². The van der Waals surface area contributed by atoms with E-state index in [1.54, 1.807) is 0 Å². The first kappa shape index (κ1) is 11.7. The van der Waals surface area contributed by atoms with E-state index in [4.69, 9.17) is 17.3 Å². The number of nitrogen functional groups attached to an aromatic ring is 1. The van der Waals surface area contributed by atoms with Crippen molar-refractivity contribution in [3.8, 4) is 11.3 Å². The molecule has 17 heavy (non-hydrogen) atoms. The molecular formula is C10H5ClF3N3. The van der Waals surface area contributed by atoms with E-state index in [-0.39, 0.29) is 22.1 Å². The number of benzene rings is 1. The molecule has 1 heterocycles. The second-order valence-electron chi connectivity index (χ2n) is 3.18. The molecule has 1 aromatic carbocycles. The van der Waals surface area contributed by atoms with Gasteiger partial charge in [0, 0.05) is 5.56 Å². The maximum Gasteiger partial charge on any atom is 0.194 e. The first-order valence-corrected chi connectivity index (χ1v) is 4.79. The van der Waals surface area contributed by atoms with Crippen molar-refractivity contribution in [2.45, 2.75) is 0 Å². The molecule has 0 fully saturated rings. The summed E-state index contributed by atoms with van der Waals surface area (Å²) in [7, 11) is 0. The summed E-state index contributed by atoms with van der Waals surface area (Å²) in [6.07, 6.45) is 1.09. The Morgan fingerprint density at radius 1 is 1.06 bits per heavy atom. The molecule has 0 spiro atoms. The van der Waals surface area contributed by atoms with Gasteiger partial charge in [-0.25, -0.2) is 23.1 Å². The lowest BCUT2D eigenvalue weighted by molar-refractivity contribution is 0.447. The highest BCUT2D eigenvalue weighted by Gasteiger charge is 2.15. The smallest absolute Gasteiger partial charge is 0.194 e. The second-order valence-corrected chi connectivity index (χ2v) is 3.55. The van der Waals surface area contributed by atoms with Crippen LogP contribution in [0.4, 0.5) is 19.0 Å². The average molecular weight is 260 g/mol. The summed E-state index contributed by atoms with van der Waals surface area (Å²) >= 11 is 5.78. The second kappa shape index (κ2) is 4.21. The molecule has 0 radical (unpaired) electrons. The van der Waals surface area contributed by atoms with Crippen LogP contribution in [0.25, 0.3) is 11.3 Å². The third-order valence-corrected chi connectivity index (χ3v) is 2.45. The van der Waals surface area contributed by atoms with E-state index in [0.29, 0.717) is 0 Å². The fourth-order valence-electron chi connectivity index (χ4n) is 1.28. The van der Waals surface area contributed by atoms with Gasteiger partial charge in [-0.3, -0.25) is 0 Å². The number of nitrogens with two attached hydrogens (primary N) is 1. The highest BCUT2D eigenvalue weighted by atomic mass is 35.5. The van der Waals surface area contributed by atoms with Crippen LogP contribution in [0.1, 0.15) is 0 Å². The van der Waals surface area contributed by atoms with E-state index < -0.39 is 17.5 Å². The minimum Gasteiger partial charge on any atom is -0.382 e. The van der Waals surface area contributed by atoms with Crippen molar-refractivity contribution in [2.75, 3.05) is 5.73 Å². The maximum absolute atomic E-state index is 13.0. The van der Waals surface area contributed by atoms with Gasteiger partial charge < -0.3 is 5.73 Å². The van der Waals surface area contributed by atoms with Gasteiger partial charge in [-0.1, -0.05) is 11.6 Å². The number of aromatic nitrogens is 2. The molecule has 0 aliphatic heterocycles. The predicted octanol–water partition coefficient (Wildman–Crippen LogP) is 2.80. The number of anilines is 1. The monoisotopic (exact) mass is 259 g/mol. The molecule has 1 aromatic heterocycles. The molecule has 0 amide bonds. The van der Waals surface area contributed by atoms with Gasteiger partial charge in [0.1, 0.15) is 17.2 Å². The Bertz CT molecular complexity index is 566. The molecule has 2 rings (SSSR count). The summed E-state index contributed by atoms with van der Waals surface area (Å²) in [5.41, 5.74) is 5.44. The molecule has 0 atom stereocenters. The third kappa shape index (κ3) is 2.03. The van der Waals surface area contributed by atoms with Gasteiger partial charge in [0.05, 0.1) is 5.69 Å². The van der Waals surface area contributed by atoms with Gasteiger partial charge >= 0.3 is 0 Å². The first-order chi connectivity index (χ1) is 8.00. The zero-order valence-electron chi connectivity index (χ0n) is 8.22. The normalized spacial score (nSPS) is 10.6. The van der Waals surface area contributed by atoms with Crippen molar-refractivity contribution >= 4 is 17.4 Å². The lowest BCUT2D eigenvalue weighted by Crippen LogP contribution is -1.97. The Morgan fingerprint density at radius 2 is 1.65 bits per heavy atom. The number of nitrogens with zero attached hydrogens (tertiary/aromatic N) is 2. The molecule has 2 N–H and O–H groups in total. The van der Waals surface area contributed by atoms with E-state index in [1.807, 2.05) is 0 Å². The third-order valence-electron chi connectivity index (χ3n) is 2.07. The highest BCUT2D eigenvalue weighted by molar-refractivity contribution is 6.35. The summed E-state index contributed by atoms with van der Waals surface area (Å²) in [4.78, 5) is 7.34. The zero-order valence-corrected chi connectivity index (χ0v) is 8.97. The Balaban J connectivity index is 2.65. The van der Waals surface area contributed by atoms with Gasteiger partial charge in [0.15, 0.2) is 17.5 Å². The molecule has 0 saturated carbocycles.